The summed E-state index contributed by atoms with van der Waals surface area (Å²) < 4.78 is 27.3. The van der Waals surface area contributed by atoms with E-state index in [9.17, 15) is 23.9 Å². The van der Waals surface area contributed by atoms with Gasteiger partial charge < -0.3 is 15.3 Å². The van der Waals surface area contributed by atoms with Crippen molar-refractivity contribution >= 4 is 34.2 Å². The molecule has 34 heavy (non-hydrogen) atoms. The van der Waals surface area contributed by atoms with Crippen molar-refractivity contribution in [2.45, 2.75) is 31.7 Å². The molecule has 8 nitrogen and oxygen atoms in total. The highest BCUT2D eigenvalue weighted by Gasteiger charge is 2.35. The van der Waals surface area contributed by atoms with Crippen molar-refractivity contribution in [2.75, 3.05) is 23.3 Å². The standard InChI is InChI=1S/C24H20F2N6O2/c1-14(29-18-6-4-3-5-16(18)23(33)34)17-11-15(28-2)12-19-21(17)31-22(20(13-27)30-19)32-9-7-24(25,26)8-10-32/h3-6,11-12,14,29H,7-10H2,1H3,(H,33,34)/t14-/m0/s1. The van der Waals surface area contributed by atoms with Crippen LogP contribution in [-0.4, -0.2) is 40.1 Å². The molecule has 0 bridgehead atoms. The summed E-state index contributed by atoms with van der Waals surface area (Å²) in [6, 6.07) is 11.1. The van der Waals surface area contributed by atoms with Gasteiger partial charge >= 0.3 is 5.97 Å². The van der Waals surface area contributed by atoms with E-state index in [2.05, 4.69) is 20.1 Å². The Kier molecular flexibility index (Phi) is 5.99. The smallest absolute Gasteiger partial charge is 0.337 e. The van der Waals surface area contributed by atoms with Gasteiger partial charge in [0, 0.05) is 37.7 Å². The van der Waals surface area contributed by atoms with E-state index in [-0.39, 0.29) is 48.7 Å². The Morgan fingerprint density at radius 2 is 2.00 bits per heavy atom. The molecule has 0 radical (unpaired) electrons. The van der Waals surface area contributed by atoms with Crippen LogP contribution in [0.4, 0.5) is 26.0 Å². The predicted octanol–water partition coefficient (Wildman–Crippen LogP) is 5.16. The van der Waals surface area contributed by atoms with Gasteiger partial charge in [0.25, 0.3) is 5.92 Å². The number of aromatic nitrogens is 2. The topological polar surface area (TPSA) is 106 Å². The number of benzene rings is 2. The van der Waals surface area contributed by atoms with Crippen molar-refractivity contribution in [1.82, 2.24) is 9.97 Å². The Balaban J connectivity index is 1.81. The third-order valence-corrected chi connectivity index (χ3v) is 5.79. The second-order valence-electron chi connectivity index (χ2n) is 8.08. The molecule has 1 saturated heterocycles. The van der Waals surface area contributed by atoms with E-state index >= 15 is 0 Å². The van der Waals surface area contributed by atoms with Crippen molar-refractivity contribution in [3.8, 4) is 6.07 Å². The molecule has 172 valence electrons. The van der Waals surface area contributed by atoms with Gasteiger partial charge in [0.1, 0.15) is 6.07 Å². The van der Waals surface area contributed by atoms with Gasteiger partial charge in [0.05, 0.1) is 23.2 Å². The lowest BCUT2D eigenvalue weighted by atomic mass is 10.0. The lowest BCUT2D eigenvalue weighted by Gasteiger charge is -2.33. The lowest BCUT2D eigenvalue weighted by molar-refractivity contribution is -0.0221. The summed E-state index contributed by atoms with van der Waals surface area (Å²) in [5, 5.41) is 22.3. The molecule has 0 aliphatic carbocycles. The Morgan fingerprint density at radius 1 is 1.29 bits per heavy atom. The van der Waals surface area contributed by atoms with Gasteiger partial charge in [0.15, 0.2) is 17.2 Å². The number of carboxylic acids is 1. The molecule has 1 atom stereocenters. The monoisotopic (exact) mass is 462 g/mol. The highest BCUT2D eigenvalue weighted by atomic mass is 19.3. The number of nitrogens with zero attached hydrogens (tertiary/aromatic N) is 5. The fourth-order valence-electron chi connectivity index (χ4n) is 4.00. The first kappa shape index (κ1) is 22.9. The Labute approximate surface area is 194 Å². The van der Waals surface area contributed by atoms with Gasteiger partial charge in [-0.25, -0.2) is 28.4 Å². The van der Waals surface area contributed by atoms with Gasteiger partial charge in [-0.3, -0.25) is 0 Å². The van der Waals surface area contributed by atoms with E-state index in [1.165, 1.54) is 12.1 Å². The molecule has 3 aromatic rings. The van der Waals surface area contributed by atoms with Crippen LogP contribution in [0, 0.1) is 17.9 Å². The van der Waals surface area contributed by atoms with Crippen LogP contribution in [0.1, 0.15) is 47.4 Å². The second kappa shape index (κ2) is 8.91. The normalized spacial score (nSPS) is 15.9. The quantitative estimate of drug-likeness (QED) is 0.505. The number of piperidine rings is 1. The molecular formula is C24H20F2N6O2. The molecule has 0 unspecified atom stereocenters. The number of nitrogens with one attached hydrogen (secondary N) is 1. The Morgan fingerprint density at radius 3 is 2.65 bits per heavy atom. The van der Waals surface area contributed by atoms with Crippen molar-refractivity contribution in [3.63, 3.8) is 0 Å². The number of halogens is 2. The molecule has 2 heterocycles. The average molecular weight is 462 g/mol. The number of carboxylic acid groups (broad SMARTS) is 1. The first-order valence-corrected chi connectivity index (χ1v) is 10.6. The maximum Gasteiger partial charge on any atom is 0.337 e. The van der Waals surface area contributed by atoms with E-state index in [0.29, 0.717) is 22.3 Å². The van der Waals surface area contributed by atoms with Crippen molar-refractivity contribution in [1.29, 1.82) is 5.26 Å². The highest BCUT2D eigenvalue weighted by molar-refractivity contribution is 5.94. The van der Waals surface area contributed by atoms with Gasteiger partial charge in [-0.2, -0.15) is 5.26 Å². The van der Waals surface area contributed by atoms with Crippen LogP contribution in [0.5, 0.6) is 0 Å². The largest absolute Gasteiger partial charge is 0.478 e. The molecule has 2 N–H and O–H groups in total. The first-order valence-electron chi connectivity index (χ1n) is 10.6. The molecule has 1 aromatic heterocycles. The maximum absolute atomic E-state index is 13.7. The zero-order chi connectivity index (χ0) is 24.5. The van der Waals surface area contributed by atoms with Crippen LogP contribution in [0.15, 0.2) is 36.4 Å². The Hall–Kier alpha value is -4.31. The second-order valence-corrected chi connectivity index (χ2v) is 8.08. The maximum atomic E-state index is 13.7. The van der Waals surface area contributed by atoms with Crippen LogP contribution >= 0.6 is 0 Å². The minimum Gasteiger partial charge on any atom is -0.478 e. The van der Waals surface area contributed by atoms with E-state index in [0.717, 1.165) is 0 Å². The average Bonchev–Trinajstić information content (AvgIpc) is 2.82. The van der Waals surface area contributed by atoms with Crippen LogP contribution in [-0.2, 0) is 0 Å². The van der Waals surface area contributed by atoms with Crippen LogP contribution in [0.2, 0.25) is 0 Å². The fraction of sp³-hybridized carbons (Fsp3) is 0.292. The van der Waals surface area contributed by atoms with Gasteiger partial charge in [-0.15, -0.1) is 0 Å². The Bertz CT molecular complexity index is 1350. The van der Waals surface area contributed by atoms with E-state index < -0.39 is 17.9 Å². The number of para-hydroxylation sites is 1. The predicted molar refractivity (Wildman–Crippen MR) is 122 cm³/mol. The van der Waals surface area contributed by atoms with E-state index in [1.54, 1.807) is 36.1 Å². The summed E-state index contributed by atoms with van der Waals surface area (Å²) in [5.41, 5.74) is 2.08. The third-order valence-electron chi connectivity index (χ3n) is 5.79. The highest BCUT2D eigenvalue weighted by Crippen LogP contribution is 2.35. The summed E-state index contributed by atoms with van der Waals surface area (Å²) >= 11 is 0. The fourth-order valence-corrected chi connectivity index (χ4v) is 4.00. The minimum absolute atomic E-state index is 0.00244. The van der Waals surface area contributed by atoms with Crippen molar-refractivity contribution < 1.29 is 18.7 Å². The molecule has 2 aromatic carbocycles. The van der Waals surface area contributed by atoms with E-state index in [4.69, 9.17) is 6.57 Å². The van der Waals surface area contributed by atoms with Gasteiger partial charge in [-0.05, 0) is 36.8 Å². The number of rotatable bonds is 5. The molecule has 0 amide bonds. The summed E-state index contributed by atoms with van der Waals surface area (Å²) in [7, 11) is 0. The number of hydrogen-bond acceptors (Lipinski definition) is 6. The van der Waals surface area contributed by atoms with Crippen LogP contribution in [0.3, 0.4) is 0 Å². The molecule has 10 heteroatoms. The SMILES string of the molecule is [C-]#[N+]c1cc([C@H](C)Nc2ccccc2C(=O)O)c2nc(N3CCC(F)(F)CC3)c(C#N)nc2c1. The molecule has 1 fully saturated rings. The van der Waals surface area contributed by atoms with Crippen molar-refractivity contribution in [3.05, 3.63) is 64.6 Å². The van der Waals surface area contributed by atoms with Crippen LogP contribution in [0.25, 0.3) is 15.9 Å². The number of carbonyl (C=O) groups is 1. The zero-order valence-electron chi connectivity index (χ0n) is 18.2. The molecule has 1 aliphatic heterocycles. The summed E-state index contributed by atoms with van der Waals surface area (Å²) in [6.45, 7) is 9.31. The van der Waals surface area contributed by atoms with Gasteiger partial charge in [-0.1, -0.05) is 12.1 Å². The zero-order valence-corrected chi connectivity index (χ0v) is 18.2. The first-order chi connectivity index (χ1) is 16.2. The number of alkyl halides is 2. The van der Waals surface area contributed by atoms with Crippen LogP contribution < -0.4 is 10.2 Å². The molecule has 4 rings (SSSR count). The number of fused-ring (bicyclic) bond motifs is 1. The van der Waals surface area contributed by atoms with Crippen molar-refractivity contribution in [2.24, 2.45) is 0 Å². The molecule has 0 spiro atoms. The summed E-state index contributed by atoms with van der Waals surface area (Å²) in [6.07, 6.45) is -0.684. The molecule has 1 aliphatic rings. The summed E-state index contributed by atoms with van der Waals surface area (Å²) in [5.74, 6) is -3.61. The molecule has 0 saturated carbocycles. The molecular weight excluding hydrogens is 442 g/mol. The number of hydrogen-bond donors (Lipinski definition) is 2. The number of aromatic carboxylic acids is 1. The lowest BCUT2D eigenvalue weighted by Crippen LogP contribution is -2.40. The summed E-state index contributed by atoms with van der Waals surface area (Å²) in [4.78, 5) is 25.8. The minimum atomic E-state index is -2.75. The third kappa shape index (κ3) is 4.44. The van der Waals surface area contributed by atoms with Gasteiger partial charge in [0.2, 0.25) is 0 Å². The van der Waals surface area contributed by atoms with E-state index in [1.807, 2.05) is 6.07 Å². The number of nitriles is 1. The number of anilines is 2.